The first-order valence-corrected chi connectivity index (χ1v) is 10.9. The number of para-hydroxylation sites is 1. The summed E-state index contributed by atoms with van der Waals surface area (Å²) < 4.78 is 0. The van der Waals surface area contributed by atoms with Gasteiger partial charge >= 0.3 is 0 Å². The summed E-state index contributed by atoms with van der Waals surface area (Å²) in [6, 6.07) is 29.4. The summed E-state index contributed by atoms with van der Waals surface area (Å²) in [6.45, 7) is 3.11. The van der Waals surface area contributed by atoms with Crippen molar-refractivity contribution >= 4 is 17.5 Å². The van der Waals surface area contributed by atoms with Crippen LogP contribution in [0.15, 0.2) is 91.0 Å². The molecule has 0 saturated carbocycles. The van der Waals surface area contributed by atoms with E-state index in [0.29, 0.717) is 25.9 Å². The lowest BCUT2D eigenvalue weighted by Gasteiger charge is -2.23. The molecule has 0 aliphatic rings. The Morgan fingerprint density at radius 3 is 2.03 bits per heavy atom. The Kier molecular flexibility index (Phi) is 8.41. The predicted octanol–water partition coefficient (Wildman–Crippen LogP) is 4.96. The molecule has 3 aromatic carbocycles. The third-order valence-corrected chi connectivity index (χ3v) is 5.35. The fraction of sp³-hybridized carbons (Fsp3) is 0.259. The lowest BCUT2D eigenvalue weighted by Crippen LogP contribution is -2.36. The van der Waals surface area contributed by atoms with Gasteiger partial charge in [0.05, 0.1) is 12.3 Å². The second-order valence-electron chi connectivity index (χ2n) is 7.56. The summed E-state index contributed by atoms with van der Waals surface area (Å²) in [7, 11) is 0. The Morgan fingerprint density at radius 1 is 0.839 bits per heavy atom. The highest BCUT2D eigenvalue weighted by Gasteiger charge is 2.19. The molecule has 1 N–H and O–H groups in total. The molecule has 0 heterocycles. The average molecular weight is 415 g/mol. The van der Waals surface area contributed by atoms with Gasteiger partial charge in [0.25, 0.3) is 0 Å². The van der Waals surface area contributed by atoms with Crippen LogP contribution in [-0.4, -0.2) is 24.9 Å². The minimum atomic E-state index is -0.147. The van der Waals surface area contributed by atoms with Crippen LogP contribution in [0, 0.1) is 0 Å². The number of rotatable bonds is 10. The van der Waals surface area contributed by atoms with Crippen molar-refractivity contribution in [1.29, 1.82) is 0 Å². The van der Waals surface area contributed by atoms with Crippen LogP contribution in [0.5, 0.6) is 0 Å². The molecule has 4 heteroatoms. The van der Waals surface area contributed by atoms with E-state index in [4.69, 9.17) is 0 Å². The first kappa shape index (κ1) is 22.3. The van der Waals surface area contributed by atoms with Gasteiger partial charge < -0.3 is 10.2 Å². The highest BCUT2D eigenvalue weighted by molar-refractivity contribution is 5.94. The number of nitrogens with one attached hydrogen (secondary N) is 1. The van der Waals surface area contributed by atoms with Crippen LogP contribution < -0.4 is 10.2 Å². The maximum Gasteiger partial charge on any atom is 0.231 e. The largest absolute Gasteiger partial charge is 0.356 e. The number of carbonyl (C=O) groups excluding carboxylic acids is 2. The SMILES string of the molecule is CCC(C(=O)NCCCN(C(=O)Cc1ccccc1)c1ccccc1)c1ccccc1. The van der Waals surface area contributed by atoms with Crippen molar-refractivity contribution in [2.45, 2.75) is 32.1 Å². The summed E-state index contributed by atoms with van der Waals surface area (Å²) in [6.07, 6.45) is 1.79. The van der Waals surface area contributed by atoms with E-state index in [9.17, 15) is 9.59 Å². The molecule has 0 aliphatic heterocycles. The average Bonchev–Trinajstić information content (AvgIpc) is 2.81. The number of anilines is 1. The monoisotopic (exact) mass is 414 g/mol. The maximum atomic E-state index is 13.0. The fourth-order valence-electron chi connectivity index (χ4n) is 3.70. The van der Waals surface area contributed by atoms with Gasteiger partial charge in [-0.15, -0.1) is 0 Å². The van der Waals surface area contributed by atoms with E-state index < -0.39 is 0 Å². The van der Waals surface area contributed by atoms with Gasteiger partial charge in [0.1, 0.15) is 0 Å². The molecule has 4 nitrogen and oxygen atoms in total. The lowest BCUT2D eigenvalue weighted by atomic mass is 9.96. The summed E-state index contributed by atoms with van der Waals surface area (Å²) >= 11 is 0. The molecule has 0 saturated heterocycles. The molecule has 0 bridgehead atoms. The predicted molar refractivity (Wildman–Crippen MR) is 126 cm³/mol. The van der Waals surface area contributed by atoms with E-state index in [-0.39, 0.29) is 17.7 Å². The van der Waals surface area contributed by atoms with Crippen molar-refractivity contribution in [2.24, 2.45) is 0 Å². The molecule has 2 amide bonds. The van der Waals surface area contributed by atoms with Crippen LogP contribution in [0.2, 0.25) is 0 Å². The summed E-state index contributed by atoms with van der Waals surface area (Å²) in [5.41, 5.74) is 2.91. The zero-order chi connectivity index (χ0) is 21.9. The Bertz CT molecular complexity index is 943. The van der Waals surface area contributed by atoms with Crippen molar-refractivity contribution in [3.05, 3.63) is 102 Å². The molecule has 3 rings (SSSR count). The van der Waals surface area contributed by atoms with E-state index in [1.165, 1.54) is 0 Å². The molecule has 160 valence electrons. The molecule has 1 atom stereocenters. The normalized spacial score (nSPS) is 11.5. The summed E-state index contributed by atoms with van der Waals surface area (Å²) in [4.78, 5) is 27.5. The number of hydrogen-bond donors (Lipinski definition) is 1. The minimum Gasteiger partial charge on any atom is -0.356 e. The zero-order valence-electron chi connectivity index (χ0n) is 18.0. The van der Waals surface area contributed by atoms with Crippen LogP contribution in [0.1, 0.15) is 36.8 Å². The van der Waals surface area contributed by atoms with Crippen molar-refractivity contribution < 1.29 is 9.59 Å². The molecule has 1 unspecified atom stereocenters. The second-order valence-corrected chi connectivity index (χ2v) is 7.56. The Balaban J connectivity index is 1.58. The summed E-state index contributed by atoms with van der Waals surface area (Å²) in [5.74, 6) is -0.0545. The first-order valence-electron chi connectivity index (χ1n) is 10.9. The standard InChI is InChI=1S/C27H30N2O2/c1-2-25(23-15-8-4-9-16-23)27(31)28-19-12-20-29(24-17-10-5-11-18-24)26(30)21-22-13-6-3-7-14-22/h3-11,13-18,25H,2,12,19-21H2,1H3,(H,28,31). The highest BCUT2D eigenvalue weighted by atomic mass is 16.2. The third kappa shape index (κ3) is 6.54. The van der Waals surface area contributed by atoms with Crippen LogP contribution in [0.4, 0.5) is 5.69 Å². The van der Waals surface area contributed by atoms with Gasteiger partial charge in [0.15, 0.2) is 0 Å². The van der Waals surface area contributed by atoms with E-state index in [2.05, 4.69) is 5.32 Å². The number of nitrogens with zero attached hydrogens (tertiary/aromatic N) is 1. The number of amides is 2. The lowest BCUT2D eigenvalue weighted by molar-refractivity contribution is -0.122. The van der Waals surface area contributed by atoms with Crippen molar-refractivity contribution in [3.8, 4) is 0 Å². The molecule has 3 aromatic rings. The van der Waals surface area contributed by atoms with Gasteiger partial charge in [0, 0.05) is 18.8 Å². The van der Waals surface area contributed by atoms with Crippen molar-refractivity contribution in [3.63, 3.8) is 0 Å². The van der Waals surface area contributed by atoms with Gasteiger partial charge in [-0.2, -0.15) is 0 Å². The number of hydrogen-bond acceptors (Lipinski definition) is 2. The minimum absolute atomic E-state index is 0.0376. The van der Waals surface area contributed by atoms with Crippen LogP contribution in [0.25, 0.3) is 0 Å². The molecular formula is C27H30N2O2. The quantitative estimate of drug-likeness (QED) is 0.477. The Labute approximate surface area is 184 Å². The van der Waals surface area contributed by atoms with E-state index >= 15 is 0 Å². The van der Waals surface area contributed by atoms with E-state index in [1.54, 1.807) is 0 Å². The van der Waals surface area contributed by atoms with Gasteiger partial charge in [-0.3, -0.25) is 9.59 Å². The number of benzene rings is 3. The highest BCUT2D eigenvalue weighted by Crippen LogP contribution is 2.19. The zero-order valence-corrected chi connectivity index (χ0v) is 18.0. The van der Waals surface area contributed by atoms with E-state index in [1.807, 2.05) is 103 Å². The van der Waals surface area contributed by atoms with E-state index in [0.717, 1.165) is 23.2 Å². The molecule has 0 spiro atoms. The molecule has 0 aliphatic carbocycles. The fourth-order valence-corrected chi connectivity index (χ4v) is 3.70. The maximum absolute atomic E-state index is 13.0. The van der Waals surface area contributed by atoms with Crippen LogP contribution >= 0.6 is 0 Å². The van der Waals surface area contributed by atoms with Crippen molar-refractivity contribution in [2.75, 3.05) is 18.0 Å². The van der Waals surface area contributed by atoms with Crippen LogP contribution in [0.3, 0.4) is 0 Å². The Morgan fingerprint density at radius 2 is 1.42 bits per heavy atom. The Hall–Kier alpha value is -3.40. The van der Waals surface area contributed by atoms with Crippen LogP contribution in [-0.2, 0) is 16.0 Å². The molecule has 31 heavy (non-hydrogen) atoms. The molecule has 0 aromatic heterocycles. The number of carbonyl (C=O) groups is 2. The molecular weight excluding hydrogens is 384 g/mol. The molecule has 0 fully saturated rings. The smallest absolute Gasteiger partial charge is 0.231 e. The van der Waals surface area contributed by atoms with Crippen molar-refractivity contribution in [1.82, 2.24) is 5.32 Å². The summed E-state index contributed by atoms with van der Waals surface area (Å²) in [5, 5.41) is 3.05. The van der Waals surface area contributed by atoms with Gasteiger partial charge in [0.2, 0.25) is 11.8 Å². The topological polar surface area (TPSA) is 49.4 Å². The van der Waals surface area contributed by atoms with Gasteiger partial charge in [-0.1, -0.05) is 85.8 Å². The van der Waals surface area contributed by atoms with Gasteiger partial charge in [-0.25, -0.2) is 0 Å². The third-order valence-electron chi connectivity index (χ3n) is 5.35. The molecule has 0 radical (unpaired) electrons. The second kappa shape index (κ2) is 11.7. The van der Waals surface area contributed by atoms with Gasteiger partial charge in [-0.05, 0) is 36.1 Å². The first-order chi connectivity index (χ1) is 15.2.